The van der Waals surface area contributed by atoms with E-state index in [2.05, 4.69) is 13.8 Å². The zero-order valence-corrected chi connectivity index (χ0v) is 15.3. The van der Waals surface area contributed by atoms with E-state index in [9.17, 15) is 20.1 Å². The average molecular weight is 336 g/mol. The van der Waals surface area contributed by atoms with E-state index in [1.807, 2.05) is 6.92 Å². The van der Waals surface area contributed by atoms with Crippen LogP contribution < -0.4 is 0 Å². The van der Waals surface area contributed by atoms with Gasteiger partial charge >= 0.3 is 5.97 Å². The summed E-state index contributed by atoms with van der Waals surface area (Å²) in [6.07, 6.45) is 7.02. The summed E-state index contributed by atoms with van der Waals surface area (Å²) in [4.78, 5) is 12.1. The molecule has 4 rings (SSSR count). The fourth-order valence-electron chi connectivity index (χ4n) is 7.85. The molecule has 4 nitrogen and oxygen atoms in total. The minimum Gasteiger partial charge on any atom is -0.481 e. The maximum atomic E-state index is 12.1. The molecule has 4 aliphatic rings. The minimum absolute atomic E-state index is 0.0222. The van der Waals surface area contributed by atoms with Crippen molar-refractivity contribution in [3.05, 3.63) is 0 Å². The average Bonchev–Trinajstić information content (AvgIpc) is 2.71. The summed E-state index contributed by atoms with van der Waals surface area (Å²) in [6.45, 7) is 6.23. The van der Waals surface area contributed by atoms with Gasteiger partial charge in [0.2, 0.25) is 0 Å². The second-order valence-electron chi connectivity index (χ2n) is 10.3. The Balaban J connectivity index is 1.81. The van der Waals surface area contributed by atoms with Gasteiger partial charge in [-0.2, -0.15) is 0 Å². The molecule has 3 N–H and O–H groups in total. The van der Waals surface area contributed by atoms with E-state index in [0.29, 0.717) is 19.3 Å². The molecule has 7 atom stereocenters. The molecule has 2 bridgehead atoms. The number of carboxylic acids is 1. The van der Waals surface area contributed by atoms with Crippen molar-refractivity contribution in [2.24, 2.45) is 27.6 Å². The van der Waals surface area contributed by atoms with E-state index in [-0.39, 0.29) is 28.3 Å². The Hall–Kier alpha value is -0.610. The first kappa shape index (κ1) is 16.8. The molecule has 1 spiro atoms. The smallest absolute Gasteiger partial charge is 0.309 e. The van der Waals surface area contributed by atoms with Crippen LogP contribution in [0.4, 0.5) is 0 Å². The summed E-state index contributed by atoms with van der Waals surface area (Å²) in [7, 11) is 0. The molecule has 4 heteroatoms. The van der Waals surface area contributed by atoms with E-state index in [0.717, 1.165) is 38.5 Å². The maximum absolute atomic E-state index is 12.1. The number of aliphatic carboxylic acids is 1. The Morgan fingerprint density at radius 1 is 1.04 bits per heavy atom. The van der Waals surface area contributed by atoms with E-state index in [4.69, 9.17) is 0 Å². The molecule has 0 aromatic rings. The highest BCUT2D eigenvalue weighted by Crippen LogP contribution is 2.75. The van der Waals surface area contributed by atoms with Gasteiger partial charge in [-0.3, -0.25) is 4.79 Å². The molecule has 0 aromatic carbocycles. The predicted molar refractivity (Wildman–Crippen MR) is 90.4 cm³/mol. The molecular formula is C20H32O4. The fraction of sp³-hybridized carbons (Fsp3) is 0.950. The van der Waals surface area contributed by atoms with E-state index < -0.39 is 17.0 Å². The zero-order chi connectivity index (χ0) is 17.6. The highest BCUT2D eigenvalue weighted by atomic mass is 16.4. The first-order chi connectivity index (χ1) is 11.0. The van der Waals surface area contributed by atoms with Crippen molar-refractivity contribution in [1.82, 2.24) is 0 Å². The van der Waals surface area contributed by atoms with Crippen LogP contribution in [0.5, 0.6) is 0 Å². The fourth-order valence-corrected chi connectivity index (χ4v) is 7.85. The first-order valence-electron chi connectivity index (χ1n) is 9.67. The lowest BCUT2D eigenvalue weighted by molar-refractivity contribution is -0.266. The van der Waals surface area contributed by atoms with Crippen LogP contribution in [0.2, 0.25) is 0 Å². The zero-order valence-electron chi connectivity index (χ0n) is 15.3. The van der Waals surface area contributed by atoms with Gasteiger partial charge in [-0.25, -0.2) is 0 Å². The van der Waals surface area contributed by atoms with Gasteiger partial charge in [0.05, 0.1) is 17.1 Å². The topological polar surface area (TPSA) is 77.8 Å². The number of rotatable bonds is 1. The number of hydrogen-bond acceptors (Lipinski definition) is 3. The van der Waals surface area contributed by atoms with Crippen LogP contribution >= 0.6 is 0 Å². The summed E-state index contributed by atoms with van der Waals surface area (Å²) in [5.74, 6) is -0.681. The van der Waals surface area contributed by atoms with Crippen molar-refractivity contribution >= 4 is 5.97 Å². The van der Waals surface area contributed by atoms with Crippen molar-refractivity contribution in [3.63, 3.8) is 0 Å². The van der Waals surface area contributed by atoms with Gasteiger partial charge in [0.25, 0.3) is 0 Å². The van der Waals surface area contributed by atoms with E-state index in [1.54, 1.807) is 0 Å². The van der Waals surface area contributed by atoms with Gasteiger partial charge < -0.3 is 15.3 Å². The monoisotopic (exact) mass is 336 g/mol. The third-order valence-electron chi connectivity index (χ3n) is 9.34. The number of fused-ring (bicyclic) bond motifs is 3. The Morgan fingerprint density at radius 3 is 2.42 bits per heavy atom. The van der Waals surface area contributed by atoms with Crippen LogP contribution in [0.15, 0.2) is 0 Å². The quantitative estimate of drug-likeness (QED) is 0.686. The van der Waals surface area contributed by atoms with E-state index >= 15 is 0 Å². The lowest BCUT2D eigenvalue weighted by Gasteiger charge is -2.68. The molecule has 136 valence electrons. The standard InChI is InChI=1S/C20H32O4/c1-16-9-10-20(24)18(3)7-4-6-17(2,15(22)23)13(18)5-8-19(20,12-16)11-14(16)21/h13-14,21,24H,4-12H2,1-3H3,(H,22,23)/t13-,14-,16+,17-,18-,19+,20-/m1/s1. The molecule has 4 saturated carbocycles. The molecule has 0 heterocycles. The molecule has 0 aliphatic heterocycles. The van der Waals surface area contributed by atoms with Gasteiger partial charge in [0.15, 0.2) is 0 Å². The van der Waals surface area contributed by atoms with Gasteiger partial charge in [0, 0.05) is 10.8 Å². The molecule has 0 radical (unpaired) electrons. The minimum atomic E-state index is -0.836. The largest absolute Gasteiger partial charge is 0.481 e. The van der Waals surface area contributed by atoms with Crippen molar-refractivity contribution in [2.75, 3.05) is 0 Å². The number of aliphatic hydroxyl groups is 2. The van der Waals surface area contributed by atoms with Crippen molar-refractivity contribution < 1.29 is 20.1 Å². The highest BCUT2D eigenvalue weighted by Gasteiger charge is 2.74. The highest BCUT2D eigenvalue weighted by molar-refractivity contribution is 5.75. The second kappa shape index (κ2) is 4.56. The normalized spacial score (nSPS) is 59.5. The number of carboxylic acid groups (broad SMARTS) is 1. The Kier molecular flexibility index (Phi) is 3.20. The van der Waals surface area contributed by atoms with E-state index in [1.165, 1.54) is 0 Å². The van der Waals surface area contributed by atoms with Crippen LogP contribution in [0.1, 0.15) is 78.6 Å². The number of aliphatic hydroxyl groups excluding tert-OH is 1. The van der Waals surface area contributed by atoms with Crippen LogP contribution in [0.25, 0.3) is 0 Å². The SMILES string of the molecule is C[C@@]12CC[C@]3(O)[C@@](CC[C@@H]4[C@](C)(C(=O)O)CCC[C@]43C)(C[C@H]1O)C2. The summed E-state index contributed by atoms with van der Waals surface area (Å²) in [6, 6.07) is 0. The summed E-state index contributed by atoms with van der Waals surface area (Å²) >= 11 is 0. The predicted octanol–water partition coefficient (Wildman–Crippen LogP) is 3.35. The molecule has 0 saturated heterocycles. The summed E-state index contributed by atoms with van der Waals surface area (Å²) in [5, 5.41) is 32.7. The molecule has 0 aromatic heterocycles. The van der Waals surface area contributed by atoms with Crippen LogP contribution in [0.3, 0.4) is 0 Å². The van der Waals surface area contributed by atoms with Crippen LogP contribution in [-0.2, 0) is 4.79 Å². The molecule has 24 heavy (non-hydrogen) atoms. The second-order valence-corrected chi connectivity index (χ2v) is 10.3. The Morgan fingerprint density at radius 2 is 1.75 bits per heavy atom. The van der Waals surface area contributed by atoms with Crippen LogP contribution in [-0.4, -0.2) is 33.0 Å². The Labute approximate surface area is 144 Å². The van der Waals surface area contributed by atoms with Crippen molar-refractivity contribution in [1.29, 1.82) is 0 Å². The summed E-state index contributed by atoms with van der Waals surface area (Å²) in [5.41, 5.74) is -2.22. The van der Waals surface area contributed by atoms with Gasteiger partial charge in [-0.15, -0.1) is 0 Å². The van der Waals surface area contributed by atoms with Crippen molar-refractivity contribution in [2.45, 2.75) is 90.3 Å². The third kappa shape index (κ3) is 1.65. The molecular weight excluding hydrogens is 304 g/mol. The molecule has 4 fully saturated rings. The van der Waals surface area contributed by atoms with Gasteiger partial charge in [-0.05, 0) is 69.6 Å². The molecule has 0 unspecified atom stereocenters. The van der Waals surface area contributed by atoms with Gasteiger partial charge in [0.1, 0.15) is 0 Å². The van der Waals surface area contributed by atoms with Crippen LogP contribution in [0, 0.1) is 27.6 Å². The summed E-state index contributed by atoms with van der Waals surface area (Å²) < 4.78 is 0. The lowest BCUT2D eigenvalue weighted by Crippen LogP contribution is -2.69. The Bertz CT molecular complexity index is 590. The molecule has 4 aliphatic carbocycles. The first-order valence-corrected chi connectivity index (χ1v) is 9.67. The number of carbonyl (C=O) groups is 1. The van der Waals surface area contributed by atoms with Crippen molar-refractivity contribution in [3.8, 4) is 0 Å². The van der Waals surface area contributed by atoms with Gasteiger partial charge in [-0.1, -0.05) is 20.3 Å². The molecule has 0 amide bonds. The number of hydrogen-bond donors (Lipinski definition) is 3. The lowest BCUT2D eigenvalue weighted by atomic mass is 9.38. The third-order valence-corrected chi connectivity index (χ3v) is 9.34. The maximum Gasteiger partial charge on any atom is 0.309 e.